The van der Waals surface area contributed by atoms with Crippen LogP contribution in [0.2, 0.25) is 0 Å². The molecule has 4 heteroatoms. The average Bonchev–Trinajstić information content (AvgIpc) is 2.70. The molecular weight excluding hydrogens is 230 g/mol. The zero-order valence-corrected chi connectivity index (χ0v) is 11.7. The van der Waals surface area contributed by atoms with Crippen LogP contribution in [0.15, 0.2) is 0 Å². The van der Waals surface area contributed by atoms with E-state index in [1.807, 2.05) is 18.7 Å². The minimum absolute atomic E-state index is 0.0439. The number of carbonyl (C=O) groups excluding carboxylic acids is 1. The van der Waals surface area contributed by atoms with Crippen molar-refractivity contribution >= 4 is 5.91 Å². The molecule has 0 aromatic heterocycles. The molecule has 2 aliphatic rings. The quantitative estimate of drug-likeness (QED) is 0.814. The molecule has 1 saturated heterocycles. The van der Waals surface area contributed by atoms with Crippen LogP contribution in [0.1, 0.15) is 46.0 Å². The molecule has 2 fully saturated rings. The number of piperidine rings is 1. The number of likely N-dealkylation sites (tertiary alicyclic amines) is 1. The summed E-state index contributed by atoms with van der Waals surface area (Å²) in [6, 6.07) is 0. The van der Waals surface area contributed by atoms with Gasteiger partial charge in [-0.3, -0.25) is 4.79 Å². The minimum atomic E-state index is -0.762. The van der Waals surface area contributed by atoms with Crippen molar-refractivity contribution in [2.24, 2.45) is 5.41 Å². The molecule has 0 radical (unpaired) electrons. The predicted molar refractivity (Wildman–Crippen MR) is 69.2 cm³/mol. The normalized spacial score (nSPS) is 33.1. The Morgan fingerprint density at radius 2 is 2.06 bits per heavy atom. The molecule has 1 N–H and O–H groups in total. The van der Waals surface area contributed by atoms with Crippen molar-refractivity contribution in [1.82, 2.24) is 4.90 Å². The Morgan fingerprint density at radius 3 is 2.61 bits per heavy atom. The molecule has 1 aliphatic heterocycles. The molecule has 1 aliphatic carbocycles. The molecule has 2 rings (SSSR count). The van der Waals surface area contributed by atoms with E-state index in [2.05, 4.69) is 0 Å². The number of rotatable bonds is 2. The average molecular weight is 255 g/mol. The van der Waals surface area contributed by atoms with Crippen molar-refractivity contribution in [3.05, 3.63) is 0 Å². The van der Waals surface area contributed by atoms with E-state index in [1.54, 1.807) is 7.11 Å². The Balaban J connectivity index is 2.10. The molecule has 0 bridgehead atoms. The van der Waals surface area contributed by atoms with E-state index in [0.29, 0.717) is 6.54 Å². The van der Waals surface area contributed by atoms with Crippen molar-refractivity contribution in [2.45, 2.75) is 57.7 Å². The summed E-state index contributed by atoms with van der Waals surface area (Å²) in [5.74, 6) is 0.0446. The maximum absolute atomic E-state index is 12.4. The summed E-state index contributed by atoms with van der Waals surface area (Å²) in [4.78, 5) is 14.3. The number of carbonyl (C=O) groups is 1. The Bertz CT molecular complexity index is 329. The molecule has 1 heterocycles. The molecule has 1 amide bonds. The third-order valence-electron chi connectivity index (χ3n) is 4.78. The van der Waals surface area contributed by atoms with Crippen LogP contribution in [0, 0.1) is 5.41 Å². The highest BCUT2D eigenvalue weighted by atomic mass is 16.5. The number of aliphatic hydroxyl groups excluding tert-OH is 1. The number of hydrogen-bond acceptors (Lipinski definition) is 3. The van der Waals surface area contributed by atoms with Crippen molar-refractivity contribution in [3.8, 4) is 0 Å². The van der Waals surface area contributed by atoms with Gasteiger partial charge in [-0.2, -0.15) is 0 Å². The molecule has 104 valence electrons. The second-order valence-corrected chi connectivity index (χ2v) is 6.32. The fourth-order valence-electron chi connectivity index (χ4n) is 3.40. The van der Waals surface area contributed by atoms with Crippen molar-refractivity contribution in [2.75, 3.05) is 20.2 Å². The standard InChI is InChI=1S/C14H25NO3/c1-13(2,18-3)12(17)15-9-5-8-14(10-15)7-4-6-11(14)16/h11,16H,4-10H2,1-3H3/t11-,14+/m1/s1. The highest BCUT2D eigenvalue weighted by Crippen LogP contribution is 2.45. The molecule has 1 spiro atoms. The van der Waals surface area contributed by atoms with E-state index >= 15 is 0 Å². The fourth-order valence-corrected chi connectivity index (χ4v) is 3.40. The van der Waals surface area contributed by atoms with E-state index in [4.69, 9.17) is 4.74 Å². The summed E-state index contributed by atoms with van der Waals surface area (Å²) >= 11 is 0. The third-order valence-corrected chi connectivity index (χ3v) is 4.78. The van der Waals surface area contributed by atoms with Gasteiger partial charge in [-0.15, -0.1) is 0 Å². The van der Waals surface area contributed by atoms with E-state index in [0.717, 1.165) is 38.6 Å². The van der Waals surface area contributed by atoms with E-state index in [-0.39, 0.29) is 17.4 Å². The molecule has 2 atom stereocenters. The minimum Gasteiger partial charge on any atom is -0.392 e. The highest BCUT2D eigenvalue weighted by molar-refractivity contribution is 5.84. The van der Waals surface area contributed by atoms with Crippen LogP contribution >= 0.6 is 0 Å². The molecular formula is C14H25NO3. The van der Waals surface area contributed by atoms with Crippen LogP contribution in [0.4, 0.5) is 0 Å². The van der Waals surface area contributed by atoms with Crippen LogP contribution in [-0.4, -0.2) is 47.8 Å². The van der Waals surface area contributed by atoms with Gasteiger partial charge in [0.15, 0.2) is 0 Å². The fraction of sp³-hybridized carbons (Fsp3) is 0.929. The monoisotopic (exact) mass is 255 g/mol. The lowest BCUT2D eigenvalue weighted by Crippen LogP contribution is -2.54. The molecule has 1 saturated carbocycles. The molecule has 0 aromatic rings. The second kappa shape index (κ2) is 4.82. The summed E-state index contributed by atoms with van der Waals surface area (Å²) in [5.41, 5.74) is -0.806. The van der Waals surface area contributed by atoms with E-state index in [1.165, 1.54) is 0 Å². The van der Waals surface area contributed by atoms with Crippen LogP contribution in [-0.2, 0) is 9.53 Å². The Morgan fingerprint density at radius 1 is 1.39 bits per heavy atom. The van der Waals surface area contributed by atoms with Crippen molar-refractivity contribution < 1.29 is 14.6 Å². The van der Waals surface area contributed by atoms with Gasteiger partial charge in [0.1, 0.15) is 5.60 Å². The second-order valence-electron chi connectivity index (χ2n) is 6.32. The number of nitrogens with zero attached hydrogens (tertiary/aromatic N) is 1. The third kappa shape index (κ3) is 2.28. The lowest BCUT2D eigenvalue weighted by atomic mass is 9.76. The van der Waals surface area contributed by atoms with Gasteiger partial charge < -0.3 is 14.7 Å². The van der Waals surface area contributed by atoms with Crippen molar-refractivity contribution in [1.29, 1.82) is 0 Å². The van der Waals surface area contributed by atoms with Gasteiger partial charge in [-0.1, -0.05) is 6.42 Å². The molecule has 0 unspecified atom stereocenters. The Kier molecular flexibility index (Phi) is 3.70. The van der Waals surface area contributed by atoms with Gasteiger partial charge in [0, 0.05) is 25.6 Å². The molecule has 4 nitrogen and oxygen atoms in total. The van der Waals surface area contributed by atoms with Crippen LogP contribution in [0.3, 0.4) is 0 Å². The summed E-state index contributed by atoms with van der Waals surface area (Å²) in [6.45, 7) is 5.10. The summed E-state index contributed by atoms with van der Waals surface area (Å²) < 4.78 is 5.28. The number of ether oxygens (including phenoxy) is 1. The Hall–Kier alpha value is -0.610. The Labute approximate surface area is 109 Å². The first kappa shape index (κ1) is 13.8. The van der Waals surface area contributed by atoms with E-state index < -0.39 is 5.60 Å². The first-order valence-electron chi connectivity index (χ1n) is 6.94. The smallest absolute Gasteiger partial charge is 0.254 e. The lowest BCUT2D eigenvalue weighted by molar-refractivity contribution is -0.156. The van der Waals surface area contributed by atoms with Gasteiger partial charge in [0.25, 0.3) is 5.91 Å². The summed E-state index contributed by atoms with van der Waals surface area (Å²) in [7, 11) is 1.57. The SMILES string of the molecule is COC(C)(C)C(=O)N1CCC[C@@]2(CCC[C@H]2O)C1. The predicted octanol–water partition coefficient (Wildman–Crippen LogP) is 1.57. The first-order valence-corrected chi connectivity index (χ1v) is 6.94. The number of aliphatic hydroxyl groups is 1. The first-order chi connectivity index (χ1) is 8.41. The zero-order valence-electron chi connectivity index (χ0n) is 11.7. The van der Waals surface area contributed by atoms with Crippen LogP contribution < -0.4 is 0 Å². The van der Waals surface area contributed by atoms with Gasteiger partial charge in [-0.05, 0) is 39.5 Å². The molecule has 0 aromatic carbocycles. The number of methoxy groups -OCH3 is 1. The lowest BCUT2D eigenvalue weighted by Gasteiger charge is -2.44. The summed E-state index contributed by atoms with van der Waals surface area (Å²) in [6.07, 6.45) is 4.81. The van der Waals surface area contributed by atoms with Crippen LogP contribution in [0.25, 0.3) is 0 Å². The van der Waals surface area contributed by atoms with Gasteiger partial charge in [0.05, 0.1) is 6.10 Å². The van der Waals surface area contributed by atoms with Gasteiger partial charge in [0.2, 0.25) is 0 Å². The topological polar surface area (TPSA) is 49.8 Å². The zero-order chi connectivity index (χ0) is 13.4. The van der Waals surface area contributed by atoms with Crippen LogP contribution in [0.5, 0.6) is 0 Å². The molecule has 18 heavy (non-hydrogen) atoms. The maximum atomic E-state index is 12.4. The highest BCUT2D eigenvalue weighted by Gasteiger charge is 2.47. The maximum Gasteiger partial charge on any atom is 0.254 e. The number of hydrogen-bond donors (Lipinski definition) is 1. The summed E-state index contributed by atoms with van der Waals surface area (Å²) in [5, 5.41) is 10.2. The van der Waals surface area contributed by atoms with Crippen molar-refractivity contribution in [3.63, 3.8) is 0 Å². The number of amides is 1. The van der Waals surface area contributed by atoms with E-state index in [9.17, 15) is 9.90 Å². The van der Waals surface area contributed by atoms with Gasteiger partial charge >= 0.3 is 0 Å². The largest absolute Gasteiger partial charge is 0.392 e. The van der Waals surface area contributed by atoms with Gasteiger partial charge in [-0.25, -0.2) is 0 Å².